The molecular weight excluding hydrogens is 479 g/mol. The first-order chi connectivity index (χ1) is 19.7. The molecule has 6 aliphatic carbocycles. The van der Waals surface area contributed by atoms with E-state index >= 15 is 0 Å². The van der Waals surface area contributed by atoms with Gasteiger partial charge in [-0.3, -0.25) is 0 Å². The van der Waals surface area contributed by atoms with E-state index in [0.717, 1.165) is 70.9 Å². The fraction of sp³-hybridized carbons (Fsp3) is 1.00. The first kappa shape index (κ1) is 30.1. The minimum absolute atomic E-state index is 1.03. The van der Waals surface area contributed by atoms with Crippen molar-refractivity contribution < 1.29 is 0 Å². The third kappa shape index (κ3) is 6.90. The summed E-state index contributed by atoms with van der Waals surface area (Å²) in [5, 5.41) is 0. The molecule has 40 heavy (non-hydrogen) atoms. The fourth-order valence-corrected chi connectivity index (χ4v) is 13.0. The van der Waals surface area contributed by atoms with Crippen molar-refractivity contribution in [2.75, 3.05) is 0 Å². The molecule has 6 fully saturated rings. The monoisotopic (exact) mass is 549 g/mol. The van der Waals surface area contributed by atoms with Gasteiger partial charge in [-0.05, 0) is 116 Å². The Labute approximate surface area is 252 Å². The lowest BCUT2D eigenvalue weighted by atomic mass is 9.42. The summed E-state index contributed by atoms with van der Waals surface area (Å²) in [6, 6.07) is 0. The zero-order chi connectivity index (χ0) is 27.3. The molecule has 6 rings (SSSR count). The van der Waals surface area contributed by atoms with Crippen molar-refractivity contribution in [1.29, 1.82) is 0 Å². The van der Waals surface area contributed by atoms with Crippen LogP contribution in [0.4, 0.5) is 0 Å². The highest BCUT2D eigenvalue weighted by Gasteiger charge is 2.54. The minimum atomic E-state index is 1.03. The van der Waals surface area contributed by atoms with Crippen LogP contribution in [0, 0.1) is 65.1 Å². The number of hydrogen-bond donors (Lipinski definition) is 0. The number of unbranched alkanes of at least 4 members (excludes halogenated alkanes) is 4. The first-order valence-electron chi connectivity index (χ1n) is 19.7. The molecule has 0 spiro atoms. The lowest BCUT2D eigenvalue weighted by Gasteiger charge is -2.60. The minimum Gasteiger partial charge on any atom is -0.0654 e. The summed E-state index contributed by atoms with van der Waals surface area (Å²) in [7, 11) is 2.79. The average molecular weight is 549 g/mol. The third-order valence-corrected chi connectivity index (χ3v) is 15.1. The van der Waals surface area contributed by atoms with E-state index < -0.39 is 0 Å². The normalized spacial score (nSPS) is 43.6. The largest absolute Gasteiger partial charge is 0.106 e. The quantitative estimate of drug-likeness (QED) is 0.199. The summed E-state index contributed by atoms with van der Waals surface area (Å²) in [6.07, 6.45) is 40.7. The van der Waals surface area contributed by atoms with E-state index in [-0.39, 0.29) is 0 Å². The summed E-state index contributed by atoms with van der Waals surface area (Å²) in [4.78, 5) is 0. The zero-order valence-electron chi connectivity index (χ0n) is 27.3. The molecular formula is C39H69B. The summed E-state index contributed by atoms with van der Waals surface area (Å²) < 4.78 is 0. The highest BCUT2D eigenvalue weighted by Crippen LogP contribution is 2.63. The molecule has 0 aromatic rings. The van der Waals surface area contributed by atoms with Crippen molar-refractivity contribution in [2.24, 2.45) is 65.1 Å². The molecule has 0 aliphatic heterocycles. The highest BCUT2D eigenvalue weighted by molar-refractivity contribution is 6.12. The highest BCUT2D eigenvalue weighted by atomic mass is 14.6. The van der Waals surface area contributed by atoms with Crippen LogP contribution in [0.15, 0.2) is 0 Å². The van der Waals surface area contributed by atoms with E-state index in [9.17, 15) is 0 Å². The molecule has 1 heteroatoms. The molecule has 8 atom stereocenters. The second-order valence-electron chi connectivity index (χ2n) is 17.0. The summed E-state index contributed by atoms with van der Waals surface area (Å²) in [6.45, 7) is 2.37. The van der Waals surface area contributed by atoms with Crippen LogP contribution in [-0.2, 0) is 0 Å². The molecule has 0 saturated heterocycles. The van der Waals surface area contributed by atoms with Crippen LogP contribution >= 0.6 is 0 Å². The lowest BCUT2D eigenvalue weighted by Crippen LogP contribution is -2.51. The summed E-state index contributed by atoms with van der Waals surface area (Å²) >= 11 is 0. The molecule has 0 amide bonds. The van der Waals surface area contributed by atoms with Crippen molar-refractivity contribution in [3.63, 3.8) is 0 Å². The Morgan fingerprint density at radius 3 is 1.73 bits per heavy atom. The molecule has 7 unspecified atom stereocenters. The van der Waals surface area contributed by atoms with Gasteiger partial charge >= 0.3 is 0 Å². The Balaban J connectivity index is 1.14. The van der Waals surface area contributed by atoms with Crippen LogP contribution < -0.4 is 0 Å². The molecule has 6 aliphatic rings. The van der Waals surface area contributed by atoms with E-state index in [4.69, 9.17) is 0 Å². The van der Waals surface area contributed by atoms with Gasteiger partial charge in [0.15, 0.2) is 0 Å². The molecule has 0 N–H and O–H groups in total. The Hall–Kier alpha value is 0.0649. The topological polar surface area (TPSA) is 0 Å². The van der Waals surface area contributed by atoms with Gasteiger partial charge in [0.05, 0.1) is 0 Å². The molecule has 0 aromatic carbocycles. The maximum Gasteiger partial charge on any atom is 0.106 e. The van der Waals surface area contributed by atoms with Crippen molar-refractivity contribution in [2.45, 2.75) is 180 Å². The zero-order valence-corrected chi connectivity index (χ0v) is 27.3. The van der Waals surface area contributed by atoms with Crippen LogP contribution in [-0.4, -0.2) is 7.85 Å². The van der Waals surface area contributed by atoms with Gasteiger partial charge in [0, 0.05) is 0 Å². The van der Waals surface area contributed by atoms with Gasteiger partial charge in [0.2, 0.25) is 0 Å². The maximum absolute atomic E-state index is 2.79. The number of fused-ring (bicyclic) bond motifs is 2. The van der Waals surface area contributed by atoms with Gasteiger partial charge in [-0.2, -0.15) is 0 Å². The molecule has 228 valence electrons. The Bertz CT molecular complexity index is 725. The standard InChI is InChI=1S/C39H69B/c1-2-3-4-5-8-13-28-18-24-35-36(26-28)38(32-21-19-31(20-22-32)29-14-9-6-10-15-29)34-25-23-33(27-37(34)39(35)40)30-16-11-7-12-17-30/h28-39H,2-27,40H2,1H3/t28?,31?,32?,33?,34?,35?,36-,37?,38?,39?/m0/s1. The van der Waals surface area contributed by atoms with E-state index in [1.165, 1.54) is 44.9 Å². The first-order valence-corrected chi connectivity index (χ1v) is 19.7. The van der Waals surface area contributed by atoms with Crippen LogP contribution in [0.2, 0.25) is 5.82 Å². The molecule has 0 aromatic heterocycles. The fourth-order valence-electron chi connectivity index (χ4n) is 13.0. The van der Waals surface area contributed by atoms with Crippen molar-refractivity contribution in [3.8, 4) is 0 Å². The van der Waals surface area contributed by atoms with Crippen molar-refractivity contribution >= 4 is 7.85 Å². The number of rotatable bonds is 9. The lowest BCUT2D eigenvalue weighted by molar-refractivity contribution is -0.0761. The maximum atomic E-state index is 2.79. The van der Waals surface area contributed by atoms with Crippen LogP contribution in [0.1, 0.15) is 174 Å². The van der Waals surface area contributed by atoms with E-state index in [1.807, 2.05) is 0 Å². The smallest absolute Gasteiger partial charge is 0.0654 e. The molecule has 0 radical (unpaired) electrons. The predicted octanol–water partition coefficient (Wildman–Crippen LogP) is 11.4. The van der Waals surface area contributed by atoms with Crippen LogP contribution in [0.25, 0.3) is 0 Å². The van der Waals surface area contributed by atoms with Gasteiger partial charge in [-0.1, -0.05) is 128 Å². The Morgan fingerprint density at radius 2 is 1.02 bits per heavy atom. The molecule has 0 nitrogen and oxygen atoms in total. The second-order valence-corrected chi connectivity index (χ2v) is 17.0. The average Bonchev–Trinajstić information content (AvgIpc) is 3.02. The van der Waals surface area contributed by atoms with Gasteiger partial charge in [0.1, 0.15) is 7.85 Å². The third-order valence-electron chi connectivity index (χ3n) is 15.1. The van der Waals surface area contributed by atoms with Crippen molar-refractivity contribution in [1.82, 2.24) is 0 Å². The van der Waals surface area contributed by atoms with Crippen LogP contribution in [0.5, 0.6) is 0 Å². The van der Waals surface area contributed by atoms with E-state index in [2.05, 4.69) is 14.8 Å². The SMILES string of the molecule is BC1C2CC(C3CCCCC3)CCC2C(C2CCC(C3CCCCC3)CC2)[C@H]2CC(CCCCCCC)CCC12. The van der Waals surface area contributed by atoms with Gasteiger partial charge in [0.25, 0.3) is 0 Å². The van der Waals surface area contributed by atoms with Gasteiger partial charge < -0.3 is 0 Å². The molecule has 0 heterocycles. The molecule has 6 saturated carbocycles. The van der Waals surface area contributed by atoms with E-state index in [0.29, 0.717) is 0 Å². The Kier molecular flexibility index (Phi) is 11.1. The Morgan fingerprint density at radius 1 is 0.450 bits per heavy atom. The van der Waals surface area contributed by atoms with Gasteiger partial charge in [-0.15, -0.1) is 0 Å². The number of hydrogen-bond acceptors (Lipinski definition) is 0. The van der Waals surface area contributed by atoms with Crippen molar-refractivity contribution in [3.05, 3.63) is 0 Å². The summed E-state index contributed by atoms with van der Waals surface area (Å²) in [5.74, 6) is 13.1. The van der Waals surface area contributed by atoms with Crippen LogP contribution in [0.3, 0.4) is 0 Å². The second kappa shape index (κ2) is 14.7. The predicted molar refractivity (Wildman–Crippen MR) is 176 cm³/mol. The summed E-state index contributed by atoms with van der Waals surface area (Å²) in [5.41, 5.74) is 0. The van der Waals surface area contributed by atoms with Gasteiger partial charge in [-0.25, -0.2) is 0 Å². The molecule has 0 bridgehead atoms. The van der Waals surface area contributed by atoms with E-state index in [1.54, 1.807) is 122 Å².